The minimum Gasteiger partial charge on any atom is -0.481 e. The van der Waals surface area contributed by atoms with Crippen LogP contribution in [0, 0.1) is 0 Å². The van der Waals surface area contributed by atoms with E-state index in [0.29, 0.717) is 0 Å². The molecule has 0 amide bonds. The third-order valence-electron chi connectivity index (χ3n) is 1.16. The molecule has 0 saturated heterocycles. The fourth-order valence-corrected chi connectivity index (χ4v) is 0.672. The van der Waals surface area contributed by atoms with Crippen LogP contribution in [-0.2, 0) is 4.79 Å². The van der Waals surface area contributed by atoms with Crippen molar-refractivity contribution in [1.29, 1.82) is 0 Å². The molecular weight excluding hydrogens is 211 g/mol. The molecule has 3 nitrogen and oxygen atoms in total. The van der Waals surface area contributed by atoms with Crippen molar-refractivity contribution in [3.63, 3.8) is 0 Å². The highest BCUT2D eigenvalue weighted by Crippen LogP contribution is 2.15. The second kappa shape index (κ2) is 6.04. The summed E-state index contributed by atoms with van der Waals surface area (Å²) in [5.74, 6) is -1.09. The normalized spacial score (nSPS) is 11.2. The van der Waals surface area contributed by atoms with E-state index in [9.17, 15) is 18.0 Å². The summed E-state index contributed by atoms with van der Waals surface area (Å²) in [4.78, 5) is 10.9. The number of aliphatic carboxylic acids is 1. The Bertz CT molecular complexity index is 162. The quantitative estimate of drug-likeness (QED) is 0.780. The molecular formula is C6H11ClF3NO2. The van der Waals surface area contributed by atoms with E-state index < -0.39 is 18.7 Å². The third kappa shape index (κ3) is 11.5. The predicted molar refractivity (Wildman–Crippen MR) is 43.1 cm³/mol. The van der Waals surface area contributed by atoms with Crippen LogP contribution in [-0.4, -0.2) is 42.3 Å². The molecule has 0 aliphatic carbocycles. The van der Waals surface area contributed by atoms with Crippen LogP contribution in [0.15, 0.2) is 0 Å². The van der Waals surface area contributed by atoms with Crippen LogP contribution in [0.4, 0.5) is 13.2 Å². The van der Waals surface area contributed by atoms with Gasteiger partial charge in [-0.05, 0) is 7.05 Å². The number of carboxylic acid groups (broad SMARTS) is 1. The summed E-state index contributed by atoms with van der Waals surface area (Å²) in [6.45, 7) is -1.16. The Kier molecular flexibility index (Phi) is 6.97. The van der Waals surface area contributed by atoms with Crippen molar-refractivity contribution < 1.29 is 23.1 Å². The van der Waals surface area contributed by atoms with E-state index in [2.05, 4.69) is 0 Å². The molecule has 0 radical (unpaired) electrons. The zero-order valence-electron chi connectivity index (χ0n) is 6.97. The SMILES string of the molecule is CN(CCC(=O)O)CC(F)(F)F.Cl. The lowest BCUT2D eigenvalue weighted by Gasteiger charge is -2.16. The number of carboxylic acids is 1. The molecule has 7 heteroatoms. The van der Waals surface area contributed by atoms with Gasteiger partial charge in [0.15, 0.2) is 0 Å². The van der Waals surface area contributed by atoms with Gasteiger partial charge in [0, 0.05) is 6.54 Å². The van der Waals surface area contributed by atoms with Crippen molar-refractivity contribution in [1.82, 2.24) is 4.90 Å². The number of halogens is 4. The van der Waals surface area contributed by atoms with Gasteiger partial charge in [-0.2, -0.15) is 13.2 Å². The van der Waals surface area contributed by atoms with Crippen LogP contribution in [0.5, 0.6) is 0 Å². The molecule has 0 rings (SSSR count). The van der Waals surface area contributed by atoms with Gasteiger partial charge in [0.2, 0.25) is 0 Å². The van der Waals surface area contributed by atoms with E-state index in [0.717, 1.165) is 4.90 Å². The summed E-state index contributed by atoms with van der Waals surface area (Å²) in [6, 6.07) is 0. The maximum Gasteiger partial charge on any atom is 0.401 e. The molecule has 0 fully saturated rings. The maximum absolute atomic E-state index is 11.6. The summed E-state index contributed by atoms with van der Waals surface area (Å²) in [7, 11) is 1.23. The van der Waals surface area contributed by atoms with E-state index >= 15 is 0 Å². The fourth-order valence-electron chi connectivity index (χ4n) is 0.672. The van der Waals surface area contributed by atoms with Crippen molar-refractivity contribution in [2.24, 2.45) is 0 Å². The zero-order valence-corrected chi connectivity index (χ0v) is 7.78. The van der Waals surface area contributed by atoms with Crippen LogP contribution < -0.4 is 0 Å². The molecule has 0 bridgehead atoms. The summed E-state index contributed by atoms with van der Waals surface area (Å²) >= 11 is 0. The molecule has 1 N–H and O–H groups in total. The molecule has 0 saturated carbocycles. The molecule has 0 aromatic rings. The second-order valence-corrected chi connectivity index (χ2v) is 2.50. The number of carbonyl (C=O) groups is 1. The van der Waals surface area contributed by atoms with Crippen molar-refractivity contribution in [3.05, 3.63) is 0 Å². The van der Waals surface area contributed by atoms with Gasteiger partial charge in [-0.1, -0.05) is 0 Å². The average Bonchev–Trinajstić information content (AvgIpc) is 1.79. The number of hydrogen-bond donors (Lipinski definition) is 1. The minimum atomic E-state index is -4.26. The maximum atomic E-state index is 11.6. The van der Waals surface area contributed by atoms with Crippen molar-refractivity contribution in [2.45, 2.75) is 12.6 Å². The molecule has 0 aliphatic rings. The van der Waals surface area contributed by atoms with Gasteiger partial charge in [0.1, 0.15) is 0 Å². The summed E-state index contributed by atoms with van der Waals surface area (Å²) in [5.41, 5.74) is 0. The highest BCUT2D eigenvalue weighted by molar-refractivity contribution is 5.85. The number of rotatable bonds is 4. The Labute approximate surface area is 79.9 Å². The predicted octanol–water partition coefficient (Wildman–Crippen LogP) is 1.38. The van der Waals surface area contributed by atoms with Gasteiger partial charge in [-0.15, -0.1) is 12.4 Å². The molecule has 80 valence electrons. The molecule has 13 heavy (non-hydrogen) atoms. The number of nitrogens with zero attached hydrogens (tertiary/aromatic N) is 1. The van der Waals surface area contributed by atoms with Crippen LogP contribution >= 0.6 is 12.4 Å². The molecule has 0 unspecified atom stereocenters. The molecule has 0 atom stereocenters. The highest BCUT2D eigenvalue weighted by atomic mass is 35.5. The minimum absolute atomic E-state index is 0. The Morgan fingerprint density at radius 2 is 1.92 bits per heavy atom. The van der Waals surface area contributed by atoms with E-state index in [-0.39, 0.29) is 25.4 Å². The van der Waals surface area contributed by atoms with Crippen LogP contribution in [0.2, 0.25) is 0 Å². The lowest BCUT2D eigenvalue weighted by atomic mass is 10.4. The van der Waals surface area contributed by atoms with Gasteiger partial charge in [0.05, 0.1) is 13.0 Å². The third-order valence-corrected chi connectivity index (χ3v) is 1.16. The molecule has 0 aliphatic heterocycles. The van der Waals surface area contributed by atoms with Crippen molar-refractivity contribution >= 4 is 18.4 Å². The number of hydrogen-bond acceptors (Lipinski definition) is 2. The lowest BCUT2D eigenvalue weighted by Crippen LogP contribution is -2.32. The Hall–Kier alpha value is -0.490. The zero-order chi connectivity index (χ0) is 9.78. The highest BCUT2D eigenvalue weighted by Gasteiger charge is 2.28. The van der Waals surface area contributed by atoms with Crippen LogP contribution in [0.1, 0.15) is 6.42 Å². The van der Waals surface area contributed by atoms with E-state index in [1.54, 1.807) is 0 Å². The molecule has 0 spiro atoms. The van der Waals surface area contributed by atoms with E-state index in [1.165, 1.54) is 7.05 Å². The van der Waals surface area contributed by atoms with Crippen LogP contribution in [0.3, 0.4) is 0 Å². The van der Waals surface area contributed by atoms with Gasteiger partial charge in [-0.3, -0.25) is 9.69 Å². The first-order chi connectivity index (χ1) is 5.31. The molecule has 0 aromatic carbocycles. The topological polar surface area (TPSA) is 40.5 Å². The van der Waals surface area contributed by atoms with E-state index in [4.69, 9.17) is 5.11 Å². The smallest absolute Gasteiger partial charge is 0.401 e. The van der Waals surface area contributed by atoms with E-state index in [1.807, 2.05) is 0 Å². The summed E-state index contributed by atoms with van der Waals surface area (Å²) in [5, 5.41) is 8.15. The second-order valence-electron chi connectivity index (χ2n) is 2.50. The van der Waals surface area contributed by atoms with Gasteiger partial charge >= 0.3 is 12.1 Å². The first-order valence-electron chi connectivity index (χ1n) is 3.28. The molecule has 0 aromatic heterocycles. The summed E-state index contributed by atoms with van der Waals surface area (Å²) in [6.07, 6.45) is -4.53. The Morgan fingerprint density at radius 3 is 2.23 bits per heavy atom. The summed E-state index contributed by atoms with van der Waals surface area (Å²) < 4.78 is 34.9. The van der Waals surface area contributed by atoms with Crippen LogP contribution in [0.25, 0.3) is 0 Å². The number of alkyl halides is 3. The standard InChI is InChI=1S/C6H10F3NO2.ClH/c1-10(3-2-5(11)12)4-6(7,8)9;/h2-4H2,1H3,(H,11,12);1H. The Balaban J connectivity index is 0. The van der Waals surface area contributed by atoms with Gasteiger partial charge in [-0.25, -0.2) is 0 Å². The average molecular weight is 222 g/mol. The van der Waals surface area contributed by atoms with Gasteiger partial charge < -0.3 is 5.11 Å². The van der Waals surface area contributed by atoms with Crippen molar-refractivity contribution in [2.75, 3.05) is 20.1 Å². The largest absolute Gasteiger partial charge is 0.481 e. The lowest BCUT2D eigenvalue weighted by molar-refractivity contribution is -0.147. The fraction of sp³-hybridized carbons (Fsp3) is 0.833. The van der Waals surface area contributed by atoms with Gasteiger partial charge in [0.25, 0.3) is 0 Å². The Morgan fingerprint density at radius 1 is 1.46 bits per heavy atom. The monoisotopic (exact) mass is 221 g/mol. The van der Waals surface area contributed by atoms with Crippen molar-refractivity contribution in [3.8, 4) is 0 Å². The first-order valence-corrected chi connectivity index (χ1v) is 3.28. The molecule has 0 heterocycles. The first kappa shape index (κ1) is 15.0.